The first-order valence-electron chi connectivity index (χ1n) is 6.96. The first-order valence-corrected chi connectivity index (χ1v) is 8.45. The third kappa shape index (κ3) is 3.94. The zero-order valence-electron chi connectivity index (χ0n) is 12.0. The van der Waals surface area contributed by atoms with Crippen molar-refractivity contribution in [2.45, 2.75) is 43.7 Å². The number of hydrogen-bond acceptors (Lipinski definition) is 4. The summed E-state index contributed by atoms with van der Waals surface area (Å²) < 4.78 is 32.4. The lowest BCUT2D eigenvalue weighted by Gasteiger charge is -2.12. The number of nitrogens with one attached hydrogen (secondary N) is 2. The van der Waals surface area contributed by atoms with Gasteiger partial charge in [-0.3, -0.25) is 0 Å². The van der Waals surface area contributed by atoms with Crippen molar-refractivity contribution in [1.29, 1.82) is 0 Å². The van der Waals surface area contributed by atoms with Gasteiger partial charge in [0.15, 0.2) is 0 Å². The number of benzene rings is 1. The number of sulfonamides is 1. The molecule has 1 aliphatic carbocycles. The Hall–Kier alpha value is -1.11. The van der Waals surface area contributed by atoms with Gasteiger partial charge in [0.25, 0.3) is 0 Å². The van der Waals surface area contributed by atoms with Gasteiger partial charge in [0.1, 0.15) is 10.6 Å². The van der Waals surface area contributed by atoms with Crippen molar-refractivity contribution in [3.8, 4) is 5.75 Å². The van der Waals surface area contributed by atoms with Crippen LogP contribution in [0.25, 0.3) is 0 Å². The van der Waals surface area contributed by atoms with Crippen molar-refractivity contribution >= 4 is 10.0 Å². The van der Waals surface area contributed by atoms with Gasteiger partial charge in [0.05, 0.1) is 7.11 Å². The third-order valence-corrected chi connectivity index (χ3v) is 4.73. The van der Waals surface area contributed by atoms with Gasteiger partial charge in [0, 0.05) is 12.6 Å². The van der Waals surface area contributed by atoms with E-state index in [-0.39, 0.29) is 10.9 Å². The molecular formula is C14H22N2O3S. The van der Waals surface area contributed by atoms with Gasteiger partial charge in [-0.2, -0.15) is 0 Å². The fourth-order valence-electron chi connectivity index (χ4n) is 1.94. The first kappa shape index (κ1) is 15.3. The predicted octanol–water partition coefficient (Wildman–Crippen LogP) is 1.64. The van der Waals surface area contributed by atoms with Crippen LogP contribution in [0.3, 0.4) is 0 Å². The maximum Gasteiger partial charge on any atom is 0.244 e. The molecule has 1 aromatic carbocycles. The maximum absolute atomic E-state index is 12.2. The van der Waals surface area contributed by atoms with E-state index < -0.39 is 10.0 Å². The molecule has 112 valence electrons. The second kappa shape index (κ2) is 6.56. The lowest BCUT2D eigenvalue weighted by atomic mass is 10.2. The fraction of sp³-hybridized carbons (Fsp3) is 0.571. The van der Waals surface area contributed by atoms with E-state index in [2.05, 4.69) is 17.0 Å². The third-order valence-electron chi connectivity index (χ3n) is 3.17. The normalized spacial score (nSPS) is 15.3. The Labute approximate surface area is 120 Å². The summed E-state index contributed by atoms with van der Waals surface area (Å²) in [5, 5.41) is 3.28. The highest BCUT2D eigenvalue weighted by Gasteiger charge is 2.29. The predicted molar refractivity (Wildman–Crippen MR) is 78.3 cm³/mol. The van der Waals surface area contributed by atoms with Crippen LogP contribution in [-0.4, -0.2) is 28.1 Å². The summed E-state index contributed by atoms with van der Waals surface area (Å²) >= 11 is 0. The van der Waals surface area contributed by atoms with E-state index in [4.69, 9.17) is 4.74 Å². The molecule has 6 heteroatoms. The maximum atomic E-state index is 12.2. The van der Waals surface area contributed by atoms with E-state index in [0.717, 1.165) is 31.4 Å². The lowest BCUT2D eigenvalue weighted by Crippen LogP contribution is -2.26. The van der Waals surface area contributed by atoms with Crippen molar-refractivity contribution in [3.63, 3.8) is 0 Å². The van der Waals surface area contributed by atoms with E-state index in [1.165, 1.54) is 7.11 Å². The molecule has 1 fully saturated rings. The minimum absolute atomic E-state index is 0.0932. The molecule has 0 bridgehead atoms. The molecule has 0 unspecified atom stereocenters. The summed E-state index contributed by atoms with van der Waals surface area (Å²) in [6.45, 7) is 3.75. The molecule has 0 spiro atoms. The zero-order chi connectivity index (χ0) is 14.6. The Morgan fingerprint density at radius 1 is 1.35 bits per heavy atom. The monoisotopic (exact) mass is 298 g/mol. The van der Waals surface area contributed by atoms with Crippen LogP contribution in [0.1, 0.15) is 31.7 Å². The van der Waals surface area contributed by atoms with Gasteiger partial charge in [0.2, 0.25) is 10.0 Å². The van der Waals surface area contributed by atoms with Crippen molar-refractivity contribution in [1.82, 2.24) is 10.0 Å². The first-order chi connectivity index (χ1) is 9.56. The minimum atomic E-state index is -3.48. The Balaban J connectivity index is 2.16. The number of methoxy groups -OCH3 is 1. The molecule has 0 saturated heterocycles. The summed E-state index contributed by atoms with van der Waals surface area (Å²) in [7, 11) is -1.98. The molecule has 0 radical (unpaired) electrons. The van der Waals surface area contributed by atoms with Crippen LogP contribution in [-0.2, 0) is 16.6 Å². The van der Waals surface area contributed by atoms with Crippen LogP contribution >= 0.6 is 0 Å². The molecule has 2 N–H and O–H groups in total. The zero-order valence-corrected chi connectivity index (χ0v) is 12.8. The Morgan fingerprint density at radius 2 is 2.10 bits per heavy atom. The van der Waals surface area contributed by atoms with Gasteiger partial charge in [-0.25, -0.2) is 13.1 Å². The van der Waals surface area contributed by atoms with Crippen LogP contribution in [0.2, 0.25) is 0 Å². The highest BCUT2D eigenvalue weighted by Crippen LogP contribution is 2.28. The largest absolute Gasteiger partial charge is 0.495 e. The van der Waals surface area contributed by atoms with Gasteiger partial charge in [-0.1, -0.05) is 13.0 Å². The number of rotatable bonds is 8. The molecule has 5 nitrogen and oxygen atoms in total. The molecule has 1 saturated carbocycles. The highest BCUT2D eigenvalue weighted by molar-refractivity contribution is 7.89. The second-order valence-corrected chi connectivity index (χ2v) is 6.74. The Kier molecular flexibility index (Phi) is 5.01. The van der Waals surface area contributed by atoms with E-state index >= 15 is 0 Å². The highest BCUT2D eigenvalue weighted by atomic mass is 32.2. The van der Waals surface area contributed by atoms with E-state index in [1.54, 1.807) is 12.1 Å². The van der Waals surface area contributed by atoms with Crippen LogP contribution < -0.4 is 14.8 Å². The summed E-state index contributed by atoms with van der Waals surface area (Å²) in [5.74, 6) is 0.397. The number of hydrogen-bond donors (Lipinski definition) is 2. The molecule has 0 aromatic heterocycles. The van der Waals surface area contributed by atoms with Crippen molar-refractivity contribution in [3.05, 3.63) is 23.8 Å². The lowest BCUT2D eigenvalue weighted by molar-refractivity contribution is 0.401. The Bertz CT molecular complexity index is 554. The molecule has 0 aliphatic heterocycles. The summed E-state index contributed by atoms with van der Waals surface area (Å²) in [4.78, 5) is 0.214. The summed E-state index contributed by atoms with van der Waals surface area (Å²) in [6, 6.07) is 5.32. The van der Waals surface area contributed by atoms with Gasteiger partial charge < -0.3 is 10.1 Å². The van der Waals surface area contributed by atoms with Crippen molar-refractivity contribution < 1.29 is 13.2 Å². The summed E-state index contributed by atoms with van der Waals surface area (Å²) in [6.07, 6.45) is 2.90. The molecule has 0 amide bonds. The van der Waals surface area contributed by atoms with Crippen molar-refractivity contribution in [2.75, 3.05) is 13.7 Å². The molecule has 1 aromatic rings. The fourth-order valence-corrected chi connectivity index (χ4v) is 3.39. The standard InChI is InChI=1S/C14H22N2O3S/c1-3-8-15-10-11-4-7-14(13(9-11)19-2)20(17,18)16-12-5-6-12/h4,7,9,12,15-16H,3,5-6,8,10H2,1-2H3. The van der Waals surface area contributed by atoms with Crippen LogP contribution in [0.4, 0.5) is 0 Å². The van der Waals surface area contributed by atoms with Gasteiger partial charge >= 0.3 is 0 Å². The van der Waals surface area contributed by atoms with Crippen LogP contribution in [0.15, 0.2) is 23.1 Å². The molecule has 20 heavy (non-hydrogen) atoms. The molecule has 0 heterocycles. The topological polar surface area (TPSA) is 67.4 Å². The average molecular weight is 298 g/mol. The second-order valence-electron chi connectivity index (χ2n) is 5.06. The molecule has 2 rings (SSSR count). The quantitative estimate of drug-likeness (QED) is 0.716. The molecule has 1 aliphatic rings. The Morgan fingerprint density at radius 3 is 2.70 bits per heavy atom. The van der Waals surface area contributed by atoms with Crippen LogP contribution in [0, 0.1) is 0 Å². The minimum Gasteiger partial charge on any atom is -0.495 e. The average Bonchev–Trinajstić information content (AvgIpc) is 3.22. The smallest absolute Gasteiger partial charge is 0.244 e. The van der Waals surface area contributed by atoms with Gasteiger partial charge in [-0.05, 0) is 43.5 Å². The van der Waals surface area contributed by atoms with E-state index in [1.807, 2.05) is 6.07 Å². The van der Waals surface area contributed by atoms with Crippen molar-refractivity contribution in [2.24, 2.45) is 0 Å². The van der Waals surface area contributed by atoms with E-state index in [0.29, 0.717) is 12.3 Å². The summed E-state index contributed by atoms with van der Waals surface area (Å²) in [5.41, 5.74) is 1.01. The van der Waals surface area contributed by atoms with E-state index in [9.17, 15) is 8.42 Å². The number of ether oxygens (including phenoxy) is 1. The van der Waals surface area contributed by atoms with Gasteiger partial charge in [-0.15, -0.1) is 0 Å². The van der Waals surface area contributed by atoms with Crippen LogP contribution in [0.5, 0.6) is 5.75 Å². The molecular weight excluding hydrogens is 276 g/mol. The SMILES string of the molecule is CCCNCc1ccc(S(=O)(=O)NC2CC2)c(OC)c1. The molecule has 0 atom stereocenters.